The molecule has 0 saturated carbocycles. The van der Waals surface area contributed by atoms with E-state index in [2.05, 4.69) is 13.8 Å². The van der Waals surface area contributed by atoms with E-state index < -0.39 is 0 Å². The van der Waals surface area contributed by atoms with Crippen LogP contribution in [0.2, 0.25) is 0 Å². The molecule has 0 heterocycles. The molecule has 0 aliphatic rings. The Kier molecular flexibility index (Phi) is 5.69. The van der Waals surface area contributed by atoms with E-state index in [0.29, 0.717) is 12.3 Å². The zero-order valence-corrected chi connectivity index (χ0v) is 8.52. The lowest BCUT2D eigenvalue weighted by Crippen LogP contribution is -1.87. The Hall–Kier alpha value is -0.590. The monoisotopic (exact) mass is 170 g/mol. The maximum Gasteiger partial charge on any atom is 0.0996 e. The van der Waals surface area contributed by atoms with Gasteiger partial charge in [0.05, 0.1) is 5.83 Å². The third kappa shape index (κ3) is 6.14. The topological polar surface area (TPSA) is 0 Å². The van der Waals surface area contributed by atoms with Crippen molar-refractivity contribution in [3.05, 3.63) is 23.6 Å². The Balaban J connectivity index is 4.00. The molecule has 0 aromatic carbocycles. The van der Waals surface area contributed by atoms with Crippen molar-refractivity contribution in [2.24, 2.45) is 5.92 Å². The van der Waals surface area contributed by atoms with Gasteiger partial charge in [0, 0.05) is 0 Å². The third-order valence-corrected chi connectivity index (χ3v) is 1.62. The van der Waals surface area contributed by atoms with Crippen molar-refractivity contribution >= 4 is 0 Å². The first kappa shape index (κ1) is 11.4. The number of hydrogen-bond donors (Lipinski definition) is 0. The van der Waals surface area contributed by atoms with Gasteiger partial charge in [0.1, 0.15) is 0 Å². The molecular formula is C11H19F. The van der Waals surface area contributed by atoms with Gasteiger partial charge < -0.3 is 0 Å². The summed E-state index contributed by atoms with van der Waals surface area (Å²) in [7, 11) is 0. The van der Waals surface area contributed by atoms with Gasteiger partial charge in [-0.25, -0.2) is 4.39 Å². The normalized spacial score (nSPS) is 14.2. The molecule has 0 atom stereocenters. The molecular weight excluding hydrogens is 151 g/mol. The lowest BCUT2D eigenvalue weighted by Gasteiger charge is -2.02. The first-order valence-electron chi connectivity index (χ1n) is 4.58. The molecule has 0 spiro atoms. The molecule has 0 bridgehead atoms. The summed E-state index contributed by atoms with van der Waals surface area (Å²) in [5.41, 5.74) is 1.24. The van der Waals surface area contributed by atoms with Crippen LogP contribution in [-0.2, 0) is 0 Å². The van der Waals surface area contributed by atoms with Gasteiger partial charge in [0.2, 0.25) is 0 Å². The van der Waals surface area contributed by atoms with Gasteiger partial charge in [-0.1, -0.05) is 32.4 Å². The quantitative estimate of drug-likeness (QED) is 0.553. The van der Waals surface area contributed by atoms with Crippen molar-refractivity contribution in [2.75, 3.05) is 0 Å². The number of halogens is 1. The van der Waals surface area contributed by atoms with E-state index in [9.17, 15) is 4.39 Å². The second kappa shape index (κ2) is 5.99. The average molecular weight is 170 g/mol. The van der Waals surface area contributed by atoms with Gasteiger partial charge in [-0.3, -0.25) is 0 Å². The first-order valence-corrected chi connectivity index (χ1v) is 4.58. The van der Waals surface area contributed by atoms with Gasteiger partial charge in [-0.2, -0.15) is 0 Å². The molecule has 0 aromatic rings. The Morgan fingerprint density at radius 1 is 1.33 bits per heavy atom. The van der Waals surface area contributed by atoms with Crippen molar-refractivity contribution in [3.8, 4) is 0 Å². The van der Waals surface area contributed by atoms with Crippen molar-refractivity contribution in [2.45, 2.75) is 40.5 Å². The molecule has 0 amide bonds. The van der Waals surface area contributed by atoms with Crippen LogP contribution in [0.4, 0.5) is 4.39 Å². The summed E-state index contributed by atoms with van der Waals surface area (Å²) in [6.45, 7) is 8.19. The third-order valence-electron chi connectivity index (χ3n) is 1.62. The minimum absolute atomic E-state index is 0.0434. The zero-order valence-electron chi connectivity index (χ0n) is 8.52. The highest BCUT2D eigenvalue weighted by atomic mass is 19.1. The SMILES string of the molecule is CC/C(F)=C\C=C(/C)CC(C)C. The largest absolute Gasteiger partial charge is 0.212 e. The lowest BCUT2D eigenvalue weighted by molar-refractivity contribution is 0.603. The summed E-state index contributed by atoms with van der Waals surface area (Å²) < 4.78 is 12.6. The molecule has 0 aliphatic carbocycles. The zero-order chi connectivity index (χ0) is 9.56. The van der Waals surface area contributed by atoms with Crippen LogP contribution in [0.25, 0.3) is 0 Å². The highest BCUT2D eigenvalue weighted by Gasteiger charge is 1.94. The smallest absolute Gasteiger partial charge is 0.0996 e. The molecule has 0 N–H and O–H groups in total. The summed E-state index contributed by atoms with van der Waals surface area (Å²) in [5, 5.41) is 0. The summed E-state index contributed by atoms with van der Waals surface area (Å²) in [5.74, 6) is 0.609. The van der Waals surface area contributed by atoms with Crippen LogP contribution in [0.5, 0.6) is 0 Å². The van der Waals surface area contributed by atoms with E-state index in [1.165, 1.54) is 5.57 Å². The molecule has 0 unspecified atom stereocenters. The Morgan fingerprint density at radius 2 is 1.92 bits per heavy atom. The Bertz CT molecular complexity index is 175. The predicted octanol–water partition coefficient (Wildman–Crippen LogP) is 4.24. The van der Waals surface area contributed by atoms with Gasteiger partial charge in [0.15, 0.2) is 0 Å². The Labute approximate surface area is 75.2 Å². The lowest BCUT2D eigenvalue weighted by atomic mass is 10.0. The van der Waals surface area contributed by atoms with E-state index in [4.69, 9.17) is 0 Å². The highest BCUT2D eigenvalue weighted by Crippen LogP contribution is 2.11. The van der Waals surface area contributed by atoms with Crippen LogP contribution in [-0.4, -0.2) is 0 Å². The average Bonchev–Trinajstić information content (AvgIpc) is 1.99. The molecule has 0 radical (unpaired) electrons. The fourth-order valence-electron chi connectivity index (χ4n) is 1.06. The van der Waals surface area contributed by atoms with Crippen LogP contribution in [0.15, 0.2) is 23.6 Å². The molecule has 0 rings (SSSR count). The minimum atomic E-state index is -0.0434. The van der Waals surface area contributed by atoms with Gasteiger partial charge in [-0.15, -0.1) is 0 Å². The number of allylic oxidation sites excluding steroid dienone is 4. The molecule has 1 heteroatoms. The van der Waals surface area contributed by atoms with Crippen molar-refractivity contribution in [1.82, 2.24) is 0 Å². The van der Waals surface area contributed by atoms with Gasteiger partial charge in [-0.05, 0) is 31.8 Å². The van der Waals surface area contributed by atoms with Crippen LogP contribution >= 0.6 is 0 Å². The molecule has 0 nitrogen and oxygen atoms in total. The predicted molar refractivity (Wildman–Crippen MR) is 52.7 cm³/mol. The van der Waals surface area contributed by atoms with E-state index in [1.807, 2.05) is 19.9 Å². The minimum Gasteiger partial charge on any atom is -0.212 e. The number of hydrogen-bond acceptors (Lipinski definition) is 0. The van der Waals surface area contributed by atoms with Crippen LogP contribution in [0, 0.1) is 5.92 Å². The van der Waals surface area contributed by atoms with Gasteiger partial charge in [0.25, 0.3) is 0 Å². The second-order valence-corrected chi connectivity index (χ2v) is 3.58. The standard InChI is InChI=1S/C11H19F/c1-5-11(12)7-6-10(4)8-9(2)3/h6-7,9H,5,8H2,1-4H3/b10-6+,11-7+. The van der Waals surface area contributed by atoms with E-state index in [0.717, 1.165) is 6.42 Å². The maximum absolute atomic E-state index is 12.6. The first-order chi connectivity index (χ1) is 5.56. The van der Waals surface area contributed by atoms with Crippen LogP contribution in [0.1, 0.15) is 40.5 Å². The Morgan fingerprint density at radius 3 is 2.33 bits per heavy atom. The molecule has 0 aliphatic heterocycles. The maximum atomic E-state index is 12.6. The van der Waals surface area contributed by atoms with Crippen molar-refractivity contribution in [1.29, 1.82) is 0 Å². The van der Waals surface area contributed by atoms with E-state index >= 15 is 0 Å². The fourth-order valence-corrected chi connectivity index (χ4v) is 1.06. The summed E-state index contributed by atoms with van der Waals surface area (Å²) >= 11 is 0. The van der Waals surface area contributed by atoms with Crippen molar-refractivity contribution < 1.29 is 4.39 Å². The number of rotatable bonds is 4. The second-order valence-electron chi connectivity index (χ2n) is 3.58. The van der Waals surface area contributed by atoms with Crippen LogP contribution < -0.4 is 0 Å². The molecule has 70 valence electrons. The summed E-state index contributed by atoms with van der Waals surface area (Å²) in [6, 6.07) is 0. The van der Waals surface area contributed by atoms with Crippen LogP contribution in [0.3, 0.4) is 0 Å². The summed E-state index contributed by atoms with van der Waals surface area (Å²) in [6.07, 6.45) is 4.98. The van der Waals surface area contributed by atoms with Crippen molar-refractivity contribution in [3.63, 3.8) is 0 Å². The van der Waals surface area contributed by atoms with Gasteiger partial charge >= 0.3 is 0 Å². The fraction of sp³-hybridized carbons (Fsp3) is 0.636. The molecule has 12 heavy (non-hydrogen) atoms. The summed E-state index contributed by atoms with van der Waals surface area (Å²) in [4.78, 5) is 0. The molecule has 0 aromatic heterocycles. The van der Waals surface area contributed by atoms with E-state index in [1.54, 1.807) is 6.08 Å². The van der Waals surface area contributed by atoms with E-state index in [-0.39, 0.29) is 5.83 Å². The highest BCUT2D eigenvalue weighted by molar-refractivity contribution is 5.13. The molecule has 0 fully saturated rings. The molecule has 0 saturated heterocycles.